The van der Waals surface area contributed by atoms with Crippen LogP contribution in [0.5, 0.6) is 0 Å². The van der Waals surface area contributed by atoms with Crippen LogP contribution < -0.4 is 0 Å². The molecule has 1 saturated carbocycles. The summed E-state index contributed by atoms with van der Waals surface area (Å²) in [5.74, 6) is 0. The molecule has 0 aromatic heterocycles. The maximum atomic E-state index is 10.6. The Kier molecular flexibility index (Phi) is 2.04. The van der Waals surface area contributed by atoms with Crippen molar-refractivity contribution in [2.75, 3.05) is 20.1 Å². The molecule has 2 aliphatic rings. The molecule has 4 heteroatoms. The highest BCUT2D eigenvalue weighted by atomic mass is 16.5. The summed E-state index contributed by atoms with van der Waals surface area (Å²) in [5.41, 5.74) is 0.322. The van der Waals surface area contributed by atoms with Gasteiger partial charge in [-0.05, 0) is 24.7 Å². The van der Waals surface area contributed by atoms with Crippen molar-refractivity contribution < 1.29 is 10.0 Å². The zero-order valence-electron chi connectivity index (χ0n) is 7.94. The lowest BCUT2D eigenvalue weighted by Crippen LogP contribution is -2.51. The fourth-order valence-corrected chi connectivity index (χ4v) is 2.39. The van der Waals surface area contributed by atoms with Crippen molar-refractivity contribution in [3.8, 4) is 0 Å². The van der Waals surface area contributed by atoms with Crippen LogP contribution in [-0.4, -0.2) is 47.8 Å². The van der Waals surface area contributed by atoms with E-state index in [-0.39, 0.29) is 6.04 Å². The molecule has 0 aromatic carbocycles. The summed E-state index contributed by atoms with van der Waals surface area (Å²) in [4.78, 5) is 12.3. The molecule has 0 aromatic rings. The number of hydroxylamine groups is 2. The number of nitrogens with zero attached hydrogens (tertiary/aromatic N) is 2. The van der Waals surface area contributed by atoms with E-state index in [2.05, 4.69) is 0 Å². The molecule has 2 fully saturated rings. The Morgan fingerprint density at radius 3 is 2.69 bits per heavy atom. The van der Waals surface area contributed by atoms with Gasteiger partial charge in [0.1, 0.15) is 0 Å². The fraction of sp³-hybridized carbons (Fsp3) is 0.889. The number of piperidine rings is 1. The van der Waals surface area contributed by atoms with Crippen molar-refractivity contribution >= 4 is 6.41 Å². The minimum Gasteiger partial charge on any atom is -0.344 e. The van der Waals surface area contributed by atoms with Gasteiger partial charge in [-0.1, -0.05) is 0 Å². The lowest BCUT2D eigenvalue weighted by atomic mass is 9.88. The van der Waals surface area contributed by atoms with E-state index < -0.39 is 0 Å². The Morgan fingerprint density at radius 2 is 2.23 bits per heavy atom. The van der Waals surface area contributed by atoms with Crippen LogP contribution in [-0.2, 0) is 4.79 Å². The van der Waals surface area contributed by atoms with E-state index in [9.17, 15) is 10.0 Å². The first-order valence-corrected chi connectivity index (χ1v) is 4.79. The standard InChI is InChI=1S/C9H16N2O2/c1-10(13)8-6-11(7-12)5-4-9(8)2-3-9/h7-8,13H,2-6H2,1H3/t8-/m0/s1. The second-order valence-corrected chi connectivity index (χ2v) is 4.30. The van der Waals surface area contributed by atoms with Crippen LogP contribution in [0.1, 0.15) is 19.3 Å². The molecule has 74 valence electrons. The first kappa shape index (κ1) is 8.97. The molecule has 1 N–H and O–H groups in total. The summed E-state index contributed by atoms with van der Waals surface area (Å²) in [6, 6.07) is 0.145. The van der Waals surface area contributed by atoms with Crippen LogP contribution >= 0.6 is 0 Å². The largest absolute Gasteiger partial charge is 0.344 e. The molecule has 1 aliphatic heterocycles. The Balaban J connectivity index is 2.06. The van der Waals surface area contributed by atoms with E-state index >= 15 is 0 Å². The van der Waals surface area contributed by atoms with Crippen molar-refractivity contribution in [3.05, 3.63) is 0 Å². The molecule has 4 nitrogen and oxygen atoms in total. The Labute approximate surface area is 78.1 Å². The van der Waals surface area contributed by atoms with E-state index in [0.717, 1.165) is 19.4 Å². The van der Waals surface area contributed by atoms with E-state index in [4.69, 9.17) is 0 Å². The summed E-state index contributed by atoms with van der Waals surface area (Å²) >= 11 is 0. The fourth-order valence-electron chi connectivity index (χ4n) is 2.39. The van der Waals surface area contributed by atoms with Gasteiger partial charge in [0, 0.05) is 20.1 Å². The summed E-state index contributed by atoms with van der Waals surface area (Å²) in [5, 5.41) is 10.7. The van der Waals surface area contributed by atoms with Gasteiger partial charge in [-0.15, -0.1) is 0 Å². The Hall–Kier alpha value is -0.610. The third-order valence-corrected chi connectivity index (χ3v) is 3.50. The minimum absolute atomic E-state index is 0.145. The summed E-state index contributed by atoms with van der Waals surface area (Å²) in [7, 11) is 1.68. The van der Waals surface area contributed by atoms with E-state index in [1.807, 2.05) is 0 Å². The lowest BCUT2D eigenvalue weighted by Gasteiger charge is -2.39. The zero-order valence-corrected chi connectivity index (χ0v) is 7.94. The van der Waals surface area contributed by atoms with Crippen molar-refractivity contribution in [1.82, 2.24) is 9.96 Å². The van der Waals surface area contributed by atoms with Crippen LogP contribution in [0.4, 0.5) is 0 Å². The SMILES string of the molecule is CN(O)[C@H]1CN(C=O)CCC12CC2. The molecule has 1 saturated heterocycles. The number of hydrogen-bond acceptors (Lipinski definition) is 3. The van der Waals surface area contributed by atoms with Crippen LogP contribution in [0, 0.1) is 5.41 Å². The predicted octanol–water partition coefficient (Wildman–Crippen LogP) is 0.318. The number of likely N-dealkylation sites (N-methyl/N-ethyl adjacent to an activating group) is 1. The number of carbonyl (C=O) groups excluding carboxylic acids is 1. The van der Waals surface area contributed by atoms with Gasteiger partial charge in [-0.3, -0.25) is 4.79 Å². The maximum Gasteiger partial charge on any atom is 0.209 e. The van der Waals surface area contributed by atoms with Crippen molar-refractivity contribution in [2.45, 2.75) is 25.3 Å². The van der Waals surface area contributed by atoms with E-state index in [1.54, 1.807) is 11.9 Å². The van der Waals surface area contributed by atoms with Crippen LogP contribution in [0.25, 0.3) is 0 Å². The summed E-state index contributed by atoms with van der Waals surface area (Å²) in [6.45, 7) is 1.53. The molecule has 0 unspecified atom stereocenters. The van der Waals surface area contributed by atoms with E-state index in [1.165, 1.54) is 17.9 Å². The van der Waals surface area contributed by atoms with Gasteiger partial charge < -0.3 is 10.1 Å². The lowest BCUT2D eigenvalue weighted by molar-refractivity contribution is -0.148. The molecule has 0 radical (unpaired) electrons. The van der Waals surface area contributed by atoms with Gasteiger partial charge >= 0.3 is 0 Å². The topological polar surface area (TPSA) is 43.8 Å². The summed E-state index contributed by atoms with van der Waals surface area (Å²) in [6.07, 6.45) is 4.33. The van der Waals surface area contributed by atoms with Gasteiger partial charge in [-0.25, -0.2) is 0 Å². The van der Waals surface area contributed by atoms with Crippen molar-refractivity contribution in [2.24, 2.45) is 5.41 Å². The summed E-state index contributed by atoms with van der Waals surface area (Å²) < 4.78 is 0. The number of likely N-dealkylation sites (tertiary alicyclic amines) is 1. The monoisotopic (exact) mass is 184 g/mol. The quantitative estimate of drug-likeness (QED) is 0.496. The first-order chi connectivity index (χ1) is 6.18. The highest BCUT2D eigenvalue weighted by Gasteiger charge is 2.53. The second kappa shape index (κ2) is 2.96. The number of rotatable bonds is 2. The molecule has 2 rings (SSSR count). The van der Waals surface area contributed by atoms with Gasteiger partial charge in [0.05, 0.1) is 6.04 Å². The highest BCUT2D eigenvalue weighted by Crippen LogP contribution is 2.54. The van der Waals surface area contributed by atoms with Crippen molar-refractivity contribution in [1.29, 1.82) is 0 Å². The van der Waals surface area contributed by atoms with Gasteiger partial charge in [0.15, 0.2) is 0 Å². The molecule has 1 amide bonds. The molecule has 0 bridgehead atoms. The van der Waals surface area contributed by atoms with Crippen molar-refractivity contribution in [3.63, 3.8) is 0 Å². The third-order valence-electron chi connectivity index (χ3n) is 3.50. The van der Waals surface area contributed by atoms with Gasteiger partial charge in [-0.2, -0.15) is 5.06 Å². The molecule has 1 spiro atoms. The smallest absolute Gasteiger partial charge is 0.209 e. The average Bonchev–Trinajstić information content (AvgIpc) is 2.86. The Morgan fingerprint density at radius 1 is 1.54 bits per heavy atom. The number of carbonyl (C=O) groups is 1. The molecular formula is C9H16N2O2. The number of hydrogen-bond donors (Lipinski definition) is 1. The average molecular weight is 184 g/mol. The molecular weight excluding hydrogens is 168 g/mol. The number of amides is 1. The highest BCUT2D eigenvalue weighted by molar-refractivity contribution is 5.47. The minimum atomic E-state index is 0.145. The predicted molar refractivity (Wildman–Crippen MR) is 47.3 cm³/mol. The molecule has 1 heterocycles. The van der Waals surface area contributed by atoms with Crippen LogP contribution in [0.3, 0.4) is 0 Å². The van der Waals surface area contributed by atoms with Crippen LogP contribution in [0.15, 0.2) is 0 Å². The maximum absolute atomic E-state index is 10.6. The molecule has 13 heavy (non-hydrogen) atoms. The van der Waals surface area contributed by atoms with E-state index in [0.29, 0.717) is 12.0 Å². The molecule has 1 aliphatic carbocycles. The Bertz CT molecular complexity index is 214. The second-order valence-electron chi connectivity index (χ2n) is 4.30. The first-order valence-electron chi connectivity index (χ1n) is 4.79. The van der Waals surface area contributed by atoms with Gasteiger partial charge in [0.25, 0.3) is 0 Å². The zero-order chi connectivity index (χ0) is 9.47. The van der Waals surface area contributed by atoms with Crippen LogP contribution in [0.2, 0.25) is 0 Å². The molecule has 1 atom stereocenters. The third kappa shape index (κ3) is 1.44. The van der Waals surface area contributed by atoms with Gasteiger partial charge in [0.2, 0.25) is 6.41 Å². The normalized spacial score (nSPS) is 31.0.